The van der Waals surface area contributed by atoms with Crippen LogP contribution in [0.2, 0.25) is 0 Å². The minimum Gasteiger partial charge on any atom is -0.318 e. The molecule has 2 amide bonds. The fourth-order valence-electron chi connectivity index (χ4n) is 2.98. The number of para-hydroxylation sites is 1. The van der Waals surface area contributed by atoms with Crippen molar-refractivity contribution in [1.29, 1.82) is 0 Å². The molecule has 0 unspecified atom stereocenters. The predicted octanol–water partition coefficient (Wildman–Crippen LogP) is 3.73. The Bertz CT molecular complexity index is 1110. The Kier molecular flexibility index (Phi) is 4.84. The average molecular weight is 370 g/mol. The van der Waals surface area contributed by atoms with Crippen LogP contribution in [0.3, 0.4) is 0 Å². The molecule has 1 heterocycles. The van der Waals surface area contributed by atoms with Crippen LogP contribution in [0.1, 0.15) is 5.56 Å². The van der Waals surface area contributed by atoms with Crippen molar-refractivity contribution in [2.45, 2.75) is 6.54 Å². The van der Waals surface area contributed by atoms with E-state index in [0.717, 1.165) is 16.5 Å². The lowest BCUT2D eigenvalue weighted by atomic mass is 10.2. The number of aromatic nitrogens is 2. The first-order chi connectivity index (χ1) is 13.7. The third-order valence-corrected chi connectivity index (χ3v) is 4.39. The van der Waals surface area contributed by atoms with E-state index in [0.29, 0.717) is 17.9 Å². The number of carbonyl (C=O) groups is 2. The molecule has 0 saturated carbocycles. The molecule has 0 spiro atoms. The van der Waals surface area contributed by atoms with Gasteiger partial charge in [0.15, 0.2) is 0 Å². The number of amides is 2. The van der Waals surface area contributed by atoms with Crippen LogP contribution in [-0.4, -0.2) is 22.0 Å². The van der Waals surface area contributed by atoms with Gasteiger partial charge in [-0.1, -0.05) is 48.5 Å². The van der Waals surface area contributed by atoms with Crippen molar-refractivity contribution in [1.82, 2.24) is 10.2 Å². The third-order valence-electron chi connectivity index (χ3n) is 4.39. The van der Waals surface area contributed by atoms with Crippen LogP contribution in [0.15, 0.2) is 85.1 Å². The topological polar surface area (TPSA) is 78.1 Å². The van der Waals surface area contributed by atoms with Gasteiger partial charge in [0.1, 0.15) is 0 Å². The fraction of sp³-hybridized carbons (Fsp3) is 0.0455. The van der Waals surface area contributed by atoms with Crippen LogP contribution < -0.4 is 10.2 Å². The Morgan fingerprint density at radius 1 is 0.929 bits per heavy atom. The number of carbonyl (C=O) groups excluding carboxylic acids is 2. The van der Waals surface area contributed by atoms with E-state index in [4.69, 9.17) is 0 Å². The zero-order valence-electron chi connectivity index (χ0n) is 15.0. The number of benzene rings is 3. The second kappa shape index (κ2) is 7.75. The first-order valence-electron chi connectivity index (χ1n) is 8.86. The highest BCUT2D eigenvalue weighted by Gasteiger charge is 2.23. The molecule has 1 aromatic heterocycles. The molecule has 4 aromatic rings. The van der Waals surface area contributed by atoms with Crippen molar-refractivity contribution in [3.05, 3.63) is 90.6 Å². The predicted molar refractivity (Wildman–Crippen MR) is 109 cm³/mol. The van der Waals surface area contributed by atoms with Gasteiger partial charge in [-0.15, -0.1) is 0 Å². The Morgan fingerprint density at radius 3 is 2.39 bits per heavy atom. The molecule has 0 bridgehead atoms. The van der Waals surface area contributed by atoms with Gasteiger partial charge in [-0.2, -0.15) is 5.10 Å². The van der Waals surface area contributed by atoms with Crippen LogP contribution >= 0.6 is 0 Å². The molecule has 0 aliphatic heterocycles. The highest BCUT2D eigenvalue weighted by atomic mass is 16.2. The van der Waals surface area contributed by atoms with E-state index in [1.54, 1.807) is 18.3 Å². The molecule has 6 nitrogen and oxygen atoms in total. The second-order valence-electron chi connectivity index (χ2n) is 6.34. The van der Waals surface area contributed by atoms with Gasteiger partial charge >= 0.3 is 11.8 Å². The van der Waals surface area contributed by atoms with E-state index in [1.165, 1.54) is 4.90 Å². The summed E-state index contributed by atoms with van der Waals surface area (Å²) in [5.41, 5.74) is 2.92. The van der Waals surface area contributed by atoms with Crippen molar-refractivity contribution in [2.24, 2.45) is 0 Å². The zero-order valence-corrected chi connectivity index (χ0v) is 15.0. The Hall–Kier alpha value is -3.93. The summed E-state index contributed by atoms with van der Waals surface area (Å²) in [5, 5.41) is 10.4. The Balaban J connectivity index is 1.57. The molecule has 3 aromatic carbocycles. The van der Waals surface area contributed by atoms with Gasteiger partial charge < -0.3 is 5.32 Å². The van der Waals surface area contributed by atoms with Gasteiger partial charge in [-0.3, -0.25) is 19.6 Å². The number of hydrogen-bond acceptors (Lipinski definition) is 3. The van der Waals surface area contributed by atoms with Gasteiger partial charge in [0.05, 0.1) is 18.3 Å². The average Bonchev–Trinajstić information content (AvgIpc) is 3.21. The number of rotatable bonds is 4. The SMILES string of the molecule is O=C(Nc1ccc2cn[nH]c2c1)C(=O)N(Cc1ccccc1)c1ccccc1. The molecular weight excluding hydrogens is 352 g/mol. The van der Waals surface area contributed by atoms with E-state index in [1.807, 2.05) is 66.7 Å². The third kappa shape index (κ3) is 3.76. The maximum Gasteiger partial charge on any atom is 0.316 e. The molecule has 0 fully saturated rings. The summed E-state index contributed by atoms with van der Waals surface area (Å²) in [6, 6.07) is 24.1. The smallest absolute Gasteiger partial charge is 0.316 e. The van der Waals surface area contributed by atoms with Crippen molar-refractivity contribution < 1.29 is 9.59 Å². The van der Waals surface area contributed by atoms with Crippen molar-refractivity contribution in [3.8, 4) is 0 Å². The molecule has 2 N–H and O–H groups in total. The van der Waals surface area contributed by atoms with Gasteiger partial charge in [0.2, 0.25) is 0 Å². The summed E-state index contributed by atoms with van der Waals surface area (Å²) in [4.78, 5) is 27.1. The summed E-state index contributed by atoms with van der Waals surface area (Å²) in [5.74, 6) is -1.32. The maximum absolute atomic E-state index is 13.0. The maximum atomic E-state index is 13.0. The van der Waals surface area contributed by atoms with E-state index >= 15 is 0 Å². The Morgan fingerprint density at radius 2 is 1.64 bits per heavy atom. The van der Waals surface area contributed by atoms with Gasteiger partial charge in [0, 0.05) is 16.8 Å². The van der Waals surface area contributed by atoms with Gasteiger partial charge in [-0.05, 0) is 35.9 Å². The monoisotopic (exact) mass is 370 g/mol. The molecule has 4 rings (SSSR count). The summed E-state index contributed by atoms with van der Waals surface area (Å²) in [6.45, 7) is 0.302. The number of aromatic amines is 1. The quantitative estimate of drug-likeness (QED) is 0.537. The van der Waals surface area contributed by atoms with E-state index < -0.39 is 11.8 Å². The lowest BCUT2D eigenvalue weighted by Gasteiger charge is -2.22. The summed E-state index contributed by atoms with van der Waals surface area (Å²) < 4.78 is 0. The summed E-state index contributed by atoms with van der Waals surface area (Å²) in [7, 11) is 0. The van der Waals surface area contributed by atoms with E-state index in [2.05, 4.69) is 15.5 Å². The molecule has 28 heavy (non-hydrogen) atoms. The highest BCUT2D eigenvalue weighted by molar-refractivity contribution is 6.44. The van der Waals surface area contributed by atoms with E-state index in [-0.39, 0.29) is 0 Å². The molecular formula is C22H18N4O2. The lowest BCUT2D eigenvalue weighted by Crippen LogP contribution is -2.39. The number of H-pyrrole nitrogens is 1. The molecule has 0 saturated heterocycles. The van der Waals surface area contributed by atoms with Crippen LogP contribution in [0, 0.1) is 0 Å². The number of fused-ring (bicyclic) bond motifs is 1. The van der Waals surface area contributed by atoms with Crippen molar-refractivity contribution in [3.63, 3.8) is 0 Å². The molecule has 138 valence electrons. The van der Waals surface area contributed by atoms with E-state index in [9.17, 15) is 9.59 Å². The normalized spacial score (nSPS) is 10.6. The van der Waals surface area contributed by atoms with Crippen LogP contribution in [0.4, 0.5) is 11.4 Å². The lowest BCUT2D eigenvalue weighted by molar-refractivity contribution is -0.134. The zero-order chi connectivity index (χ0) is 19.3. The minimum absolute atomic E-state index is 0.302. The van der Waals surface area contributed by atoms with Crippen LogP contribution in [-0.2, 0) is 16.1 Å². The summed E-state index contributed by atoms with van der Waals surface area (Å²) >= 11 is 0. The first-order valence-corrected chi connectivity index (χ1v) is 8.86. The fourth-order valence-corrected chi connectivity index (χ4v) is 2.98. The number of hydrogen-bond donors (Lipinski definition) is 2. The Labute approximate surface area is 161 Å². The van der Waals surface area contributed by atoms with Crippen molar-refractivity contribution >= 4 is 34.1 Å². The number of nitrogens with zero attached hydrogens (tertiary/aromatic N) is 2. The molecule has 0 aliphatic carbocycles. The largest absolute Gasteiger partial charge is 0.318 e. The standard InChI is InChI=1S/C22H18N4O2/c27-21(24-18-12-11-17-14-23-25-20(17)13-18)22(28)26(19-9-5-2-6-10-19)15-16-7-3-1-4-8-16/h1-14H,15H2,(H,23,25)(H,24,27). The summed E-state index contributed by atoms with van der Waals surface area (Å²) in [6.07, 6.45) is 1.70. The molecule has 0 radical (unpaired) electrons. The van der Waals surface area contributed by atoms with Crippen molar-refractivity contribution in [2.75, 3.05) is 10.2 Å². The minimum atomic E-state index is -0.696. The van der Waals surface area contributed by atoms with Gasteiger partial charge in [-0.25, -0.2) is 0 Å². The first kappa shape index (κ1) is 17.5. The second-order valence-corrected chi connectivity index (χ2v) is 6.34. The molecule has 6 heteroatoms. The molecule has 0 atom stereocenters. The highest BCUT2D eigenvalue weighted by Crippen LogP contribution is 2.19. The van der Waals surface area contributed by atoms with Gasteiger partial charge in [0.25, 0.3) is 0 Å². The number of nitrogens with one attached hydrogen (secondary N) is 2. The molecule has 0 aliphatic rings. The van der Waals surface area contributed by atoms with Crippen LogP contribution in [0.25, 0.3) is 10.9 Å². The van der Waals surface area contributed by atoms with Crippen LogP contribution in [0.5, 0.6) is 0 Å². The number of anilines is 2.